The van der Waals surface area contributed by atoms with E-state index in [1.165, 1.54) is 6.42 Å². The van der Waals surface area contributed by atoms with Crippen LogP contribution in [0.4, 0.5) is 5.82 Å². The molecule has 88 valence electrons. The van der Waals surface area contributed by atoms with E-state index in [0.29, 0.717) is 6.04 Å². The van der Waals surface area contributed by atoms with Crippen LogP contribution in [0.25, 0.3) is 0 Å². The fourth-order valence-electron chi connectivity index (χ4n) is 2.21. The van der Waals surface area contributed by atoms with Gasteiger partial charge in [-0.25, -0.2) is 4.98 Å². The molecule has 1 aliphatic carbocycles. The van der Waals surface area contributed by atoms with Gasteiger partial charge in [0.1, 0.15) is 0 Å². The highest BCUT2D eigenvalue weighted by Crippen LogP contribution is 2.28. The normalized spacial score (nSPS) is 24.4. The first-order valence-corrected chi connectivity index (χ1v) is 5.63. The molecular weight excluding hydrogens is 204 g/mol. The van der Waals surface area contributed by atoms with E-state index in [1.807, 2.05) is 12.1 Å². The van der Waals surface area contributed by atoms with Crippen molar-refractivity contribution in [2.75, 3.05) is 19.5 Å². The summed E-state index contributed by atoms with van der Waals surface area (Å²) in [5.74, 6) is 1.59. The molecule has 1 saturated carbocycles. The zero-order valence-electron chi connectivity index (χ0n) is 9.77. The largest absolute Gasteiger partial charge is 0.493 e. The van der Waals surface area contributed by atoms with Crippen molar-refractivity contribution in [3.63, 3.8) is 0 Å². The highest BCUT2D eigenvalue weighted by atomic mass is 16.5. The van der Waals surface area contributed by atoms with Crippen molar-refractivity contribution >= 4 is 5.82 Å². The van der Waals surface area contributed by atoms with Gasteiger partial charge in [-0.3, -0.25) is 0 Å². The highest BCUT2D eigenvalue weighted by Gasteiger charge is 2.27. The molecule has 2 unspecified atom stereocenters. The van der Waals surface area contributed by atoms with Crippen molar-refractivity contribution in [1.29, 1.82) is 0 Å². The van der Waals surface area contributed by atoms with Crippen LogP contribution < -0.4 is 10.1 Å². The second-order valence-electron chi connectivity index (χ2n) is 4.01. The third-order valence-electron chi connectivity index (χ3n) is 3.07. The first kappa shape index (κ1) is 11.2. The fraction of sp³-hybridized carbons (Fsp3) is 0.583. The van der Waals surface area contributed by atoms with Crippen LogP contribution in [0.3, 0.4) is 0 Å². The number of anilines is 1. The standard InChI is InChI=1S/C12H18N2O2/c1-15-10-6-3-5-9(10)14-12-11(16-2)7-4-8-13-12/h4,7-10H,3,5-6H2,1-2H3,(H,13,14). The van der Waals surface area contributed by atoms with E-state index in [0.717, 1.165) is 24.4 Å². The molecule has 2 atom stereocenters. The van der Waals surface area contributed by atoms with Crippen molar-refractivity contribution in [3.05, 3.63) is 18.3 Å². The summed E-state index contributed by atoms with van der Waals surface area (Å²) >= 11 is 0. The van der Waals surface area contributed by atoms with Gasteiger partial charge >= 0.3 is 0 Å². The minimum absolute atomic E-state index is 0.284. The summed E-state index contributed by atoms with van der Waals surface area (Å²) < 4.78 is 10.7. The summed E-state index contributed by atoms with van der Waals surface area (Å²) in [5, 5.41) is 3.40. The fourth-order valence-corrected chi connectivity index (χ4v) is 2.21. The van der Waals surface area contributed by atoms with Crippen LogP contribution in [0.15, 0.2) is 18.3 Å². The number of nitrogens with zero attached hydrogens (tertiary/aromatic N) is 1. The predicted molar refractivity (Wildman–Crippen MR) is 62.8 cm³/mol. The molecule has 1 aromatic heterocycles. The second-order valence-corrected chi connectivity index (χ2v) is 4.01. The van der Waals surface area contributed by atoms with Gasteiger partial charge in [0, 0.05) is 13.3 Å². The van der Waals surface area contributed by atoms with Crippen molar-refractivity contribution in [2.45, 2.75) is 31.4 Å². The molecule has 2 rings (SSSR count). The molecule has 1 aromatic rings. The van der Waals surface area contributed by atoms with Crippen LogP contribution in [0.2, 0.25) is 0 Å². The number of ether oxygens (including phenoxy) is 2. The molecule has 0 amide bonds. The van der Waals surface area contributed by atoms with Crippen LogP contribution in [-0.2, 0) is 4.74 Å². The third-order valence-corrected chi connectivity index (χ3v) is 3.07. The lowest BCUT2D eigenvalue weighted by atomic mass is 10.2. The van der Waals surface area contributed by atoms with E-state index in [1.54, 1.807) is 20.4 Å². The maximum absolute atomic E-state index is 5.44. The Balaban J connectivity index is 2.08. The molecule has 4 heteroatoms. The van der Waals surface area contributed by atoms with Crippen molar-refractivity contribution in [1.82, 2.24) is 4.98 Å². The van der Waals surface area contributed by atoms with Gasteiger partial charge < -0.3 is 14.8 Å². The van der Waals surface area contributed by atoms with Gasteiger partial charge in [-0.2, -0.15) is 0 Å². The van der Waals surface area contributed by atoms with E-state index in [9.17, 15) is 0 Å². The molecule has 0 bridgehead atoms. The molecule has 0 aromatic carbocycles. The maximum atomic E-state index is 5.44. The highest BCUT2D eigenvalue weighted by molar-refractivity contribution is 5.50. The van der Waals surface area contributed by atoms with E-state index >= 15 is 0 Å². The van der Waals surface area contributed by atoms with Crippen LogP contribution in [-0.4, -0.2) is 31.3 Å². The lowest BCUT2D eigenvalue weighted by molar-refractivity contribution is 0.101. The average molecular weight is 222 g/mol. The van der Waals surface area contributed by atoms with Crippen LogP contribution in [0, 0.1) is 0 Å². The Morgan fingerprint density at radius 3 is 3.00 bits per heavy atom. The molecule has 1 N–H and O–H groups in total. The third kappa shape index (κ3) is 2.27. The number of aromatic nitrogens is 1. The zero-order valence-corrected chi connectivity index (χ0v) is 9.77. The number of pyridine rings is 1. The summed E-state index contributed by atoms with van der Waals surface area (Å²) in [6.45, 7) is 0. The number of rotatable bonds is 4. The number of nitrogens with one attached hydrogen (secondary N) is 1. The Kier molecular flexibility index (Phi) is 3.62. The van der Waals surface area contributed by atoms with E-state index in [4.69, 9.17) is 9.47 Å². The van der Waals surface area contributed by atoms with Gasteiger partial charge in [-0.05, 0) is 31.4 Å². The summed E-state index contributed by atoms with van der Waals surface area (Å²) in [6.07, 6.45) is 5.49. The van der Waals surface area contributed by atoms with Crippen molar-refractivity contribution in [2.24, 2.45) is 0 Å². The van der Waals surface area contributed by atoms with E-state index in [-0.39, 0.29) is 6.10 Å². The summed E-state index contributed by atoms with van der Waals surface area (Å²) in [4.78, 5) is 4.29. The monoisotopic (exact) mass is 222 g/mol. The number of hydrogen-bond donors (Lipinski definition) is 1. The quantitative estimate of drug-likeness (QED) is 0.847. The Labute approximate surface area is 96.0 Å². The lowest BCUT2D eigenvalue weighted by Crippen LogP contribution is -2.30. The molecule has 1 fully saturated rings. The second kappa shape index (κ2) is 5.16. The van der Waals surface area contributed by atoms with E-state index in [2.05, 4.69) is 10.3 Å². The Morgan fingerprint density at radius 2 is 2.25 bits per heavy atom. The minimum Gasteiger partial charge on any atom is -0.493 e. The molecule has 1 heterocycles. The number of methoxy groups -OCH3 is 2. The van der Waals surface area contributed by atoms with E-state index < -0.39 is 0 Å². The Hall–Kier alpha value is -1.29. The summed E-state index contributed by atoms with van der Waals surface area (Å²) in [5.41, 5.74) is 0. The van der Waals surface area contributed by atoms with Gasteiger partial charge in [0.15, 0.2) is 11.6 Å². The Morgan fingerprint density at radius 1 is 1.38 bits per heavy atom. The van der Waals surface area contributed by atoms with Crippen LogP contribution >= 0.6 is 0 Å². The van der Waals surface area contributed by atoms with Gasteiger partial charge in [0.25, 0.3) is 0 Å². The first-order chi connectivity index (χ1) is 7.85. The molecule has 4 nitrogen and oxygen atoms in total. The predicted octanol–water partition coefficient (Wildman–Crippen LogP) is 2.07. The van der Waals surface area contributed by atoms with Gasteiger partial charge in [0.2, 0.25) is 0 Å². The van der Waals surface area contributed by atoms with Crippen LogP contribution in [0.5, 0.6) is 5.75 Å². The molecule has 16 heavy (non-hydrogen) atoms. The molecule has 0 radical (unpaired) electrons. The smallest absolute Gasteiger partial charge is 0.169 e. The van der Waals surface area contributed by atoms with Crippen LogP contribution in [0.1, 0.15) is 19.3 Å². The van der Waals surface area contributed by atoms with Crippen molar-refractivity contribution in [3.8, 4) is 5.75 Å². The number of hydrogen-bond acceptors (Lipinski definition) is 4. The molecule has 1 aliphatic rings. The lowest BCUT2D eigenvalue weighted by Gasteiger charge is -2.21. The topological polar surface area (TPSA) is 43.4 Å². The summed E-state index contributed by atoms with van der Waals surface area (Å²) in [7, 11) is 3.42. The average Bonchev–Trinajstić information content (AvgIpc) is 2.77. The first-order valence-electron chi connectivity index (χ1n) is 5.63. The SMILES string of the molecule is COc1cccnc1NC1CCCC1OC. The minimum atomic E-state index is 0.284. The van der Waals surface area contributed by atoms with Gasteiger partial charge in [-0.1, -0.05) is 0 Å². The molecule has 0 aliphatic heterocycles. The maximum Gasteiger partial charge on any atom is 0.169 e. The Bertz CT molecular complexity index is 344. The zero-order chi connectivity index (χ0) is 11.4. The molecular formula is C12H18N2O2. The van der Waals surface area contributed by atoms with Gasteiger partial charge in [-0.15, -0.1) is 0 Å². The molecule has 0 spiro atoms. The summed E-state index contributed by atoms with van der Waals surface area (Å²) in [6, 6.07) is 4.12. The van der Waals surface area contributed by atoms with Crippen molar-refractivity contribution < 1.29 is 9.47 Å². The molecule has 0 saturated heterocycles. The van der Waals surface area contributed by atoms with Gasteiger partial charge in [0.05, 0.1) is 19.3 Å².